The summed E-state index contributed by atoms with van der Waals surface area (Å²) >= 11 is 6.91. The van der Waals surface area contributed by atoms with Gasteiger partial charge in [-0.05, 0) is 42.5 Å². The van der Waals surface area contributed by atoms with Crippen molar-refractivity contribution in [2.75, 3.05) is 27.4 Å². The number of hydrogen-bond acceptors (Lipinski definition) is 7. The number of hydrogen-bond donors (Lipinski definition) is 0. The summed E-state index contributed by atoms with van der Waals surface area (Å²) in [5.41, 5.74) is 0.567. The summed E-state index contributed by atoms with van der Waals surface area (Å²) in [4.78, 5) is 36.6. The minimum Gasteiger partial charge on any atom is -0.491 e. The van der Waals surface area contributed by atoms with Crippen LogP contribution in [-0.2, 0) is 14.3 Å². The molecule has 2 rings (SSSR count). The summed E-state index contributed by atoms with van der Waals surface area (Å²) in [7, 11) is 2.66. The third kappa shape index (κ3) is 4.26. The lowest BCUT2D eigenvalue weighted by molar-refractivity contribution is -0.143. The number of ether oxygens (including phenoxy) is 3. The van der Waals surface area contributed by atoms with Gasteiger partial charge in [0.05, 0.1) is 30.8 Å². The van der Waals surface area contributed by atoms with E-state index in [9.17, 15) is 14.4 Å². The molecule has 0 radical (unpaired) electrons. The lowest BCUT2D eigenvalue weighted by Crippen LogP contribution is -2.34. The van der Waals surface area contributed by atoms with E-state index in [-0.39, 0.29) is 4.91 Å². The van der Waals surface area contributed by atoms with E-state index in [1.165, 1.54) is 20.3 Å². The number of methoxy groups -OCH3 is 2. The lowest BCUT2D eigenvalue weighted by Gasteiger charge is -2.12. The van der Waals surface area contributed by atoms with Gasteiger partial charge in [-0.2, -0.15) is 0 Å². The predicted octanol–water partition coefficient (Wildman–Crippen LogP) is 2.96. The van der Waals surface area contributed by atoms with E-state index in [0.29, 0.717) is 28.7 Å². The maximum Gasteiger partial charge on any atom is 0.325 e. The molecular formula is C16H16ClNO6S. The van der Waals surface area contributed by atoms with Crippen molar-refractivity contribution in [3.63, 3.8) is 0 Å². The fourth-order valence-corrected chi connectivity index (χ4v) is 3.25. The Morgan fingerprint density at radius 1 is 1.32 bits per heavy atom. The molecule has 1 fully saturated rings. The van der Waals surface area contributed by atoms with Crippen LogP contribution in [0.25, 0.3) is 6.08 Å². The van der Waals surface area contributed by atoms with Crippen LogP contribution in [-0.4, -0.2) is 49.4 Å². The molecule has 1 aliphatic rings. The first kappa shape index (κ1) is 19.1. The van der Waals surface area contributed by atoms with Crippen molar-refractivity contribution >= 4 is 46.6 Å². The van der Waals surface area contributed by atoms with Gasteiger partial charge in [-0.1, -0.05) is 11.6 Å². The van der Waals surface area contributed by atoms with Crippen LogP contribution in [0.4, 0.5) is 4.79 Å². The number of halogens is 1. The zero-order valence-corrected chi connectivity index (χ0v) is 15.4. The van der Waals surface area contributed by atoms with Gasteiger partial charge in [0, 0.05) is 0 Å². The maximum absolute atomic E-state index is 12.3. The Hall–Kier alpha value is -2.19. The van der Waals surface area contributed by atoms with Crippen molar-refractivity contribution < 1.29 is 28.6 Å². The third-order valence-corrected chi connectivity index (χ3v) is 4.41. The average molecular weight is 386 g/mol. The topological polar surface area (TPSA) is 82.1 Å². The number of nitrogens with zero attached hydrogens (tertiary/aromatic N) is 1. The van der Waals surface area contributed by atoms with Crippen molar-refractivity contribution in [2.24, 2.45) is 0 Å². The molecule has 1 heterocycles. The van der Waals surface area contributed by atoms with Crippen LogP contribution in [0.1, 0.15) is 12.5 Å². The molecule has 0 bridgehead atoms. The molecule has 0 atom stereocenters. The first-order valence-corrected chi connectivity index (χ1v) is 8.43. The van der Waals surface area contributed by atoms with Crippen molar-refractivity contribution in [1.29, 1.82) is 0 Å². The molecule has 0 aromatic heterocycles. The van der Waals surface area contributed by atoms with Crippen LogP contribution in [0.2, 0.25) is 5.02 Å². The zero-order valence-electron chi connectivity index (χ0n) is 13.8. The summed E-state index contributed by atoms with van der Waals surface area (Å²) < 4.78 is 15.2. The van der Waals surface area contributed by atoms with Crippen molar-refractivity contribution in [3.05, 3.63) is 27.6 Å². The van der Waals surface area contributed by atoms with Crippen molar-refractivity contribution in [3.8, 4) is 11.5 Å². The van der Waals surface area contributed by atoms with Crippen LogP contribution in [0.5, 0.6) is 11.5 Å². The first-order chi connectivity index (χ1) is 11.9. The molecule has 25 heavy (non-hydrogen) atoms. The second kappa shape index (κ2) is 8.26. The third-order valence-electron chi connectivity index (χ3n) is 3.22. The number of imide groups is 1. The van der Waals surface area contributed by atoms with Crippen LogP contribution >= 0.6 is 23.4 Å². The molecule has 1 aromatic rings. The van der Waals surface area contributed by atoms with E-state index in [4.69, 9.17) is 21.1 Å². The predicted molar refractivity (Wildman–Crippen MR) is 93.9 cm³/mol. The van der Waals surface area contributed by atoms with E-state index in [0.717, 1.165) is 16.7 Å². The maximum atomic E-state index is 12.3. The highest BCUT2D eigenvalue weighted by Crippen LogP contribution is 2.38. The minimum atomic E-state index is -0.672. The van der Waals surface area contributed by atoms with E-state index >= 15 is 0 Å². The zero-order chi connectivity index (χ0) is 18.6. The molecule has 9 heteroatoms. The first-order valence-electron chi connectivity index (χ1n) is 7.23. The number of rotatable bonds is 6. The Morgan fingerprint density at radius 3 is 2.64 bits per heavy atom. The van der Waals surface area contributed by atoms with Crippen molar-refractivity contribution in [1.82, 2.24) is 4.90 Å². The number of carbonyl (C=O) groups is 3. The number of carbonyl (C=O) groups excluding carboxylic acids is 3. The van der Waals surface area contributed by atoms with Gasteiger partial charge in [-0.15, -0.1) is 0 Å². The van der Waals surface area contributed by atoms with Gasteiger partial charge in [0.1, 0.15) is 6.54 Å². The standard InChI is InChI=1S/C16H16ClNO6S/c1-4-24-11-6-9(5-10(17)14(11)23-3)7-12-15(20)18(16(21)25-12)8-13(19)22-2/h5-7H,4,8H2,1-3H3. The monoisotopic (exact) mass is 385 g/mol. The van der Waals surface area contributed by atoms with Gasteiger partial charge in [0.15, 0.2) is 11.5 Å². The van der Waals surface area contributed by atoms with E-state index < -0.39 is 23.7 Å². The van der Waals surface area contributed by atoms with E-state index in [1.807, 2.05) is 6.92 Å². The molecule has 2 amide bonds. The van der Waals surface area contributed by atoms with E-state index in [1.54, 1.807) is 12.1 Å². The largest absolute Gasteiger partial charge is 0.491 e. The molecule has 0 aliphatic carbocycles. The Labute approximate surface area is 153 Å². The Balaban J connectivity index is 2.33. The van der Waals surface area contributed by atoms with Gasteiger partial charge in [-0.3, -0.25) is 19.3 Å². The van der Waals surface area contributed by atoms with Crippen LogP contribution in [0.15, 0.2) is 17.0 Å². The second-order valence-corrected chi connectivity index (χ2v) is 6.21. The van der Waals surface area contributed by atoms with Gasteiger partial charge >= 0.3 is 5.97 Å². The highest BCUT2D eigenvalue weighted by molar-refractivity contribution is 8.18. The van der Waals surface area contributed by atoms with Gasteiger partial charge in [0.25, 0.3) is 11.1 Å². The highest BCUT2D eigenvalue weighted by atomic mass is 35.5. The Morgan fingerprint density at radius 2 is 2.04 bits per heavy atom. The summed E-state index contributed by atoms with van der Waals surface area (Å²) in [6, 6.07) is 3.25. The molecule has 7 nitrogen and oxygen atoms in total. The summed E-state index contributed by atoms with van der Waals surface area (Å²) in [6.07, 6.45) is 1.51. The molecule has 1 aliphatic heterocycles. The normalized spacial score (nSPS) is 15.7. The molecule has 1 saturated heterocycles. The van der Waals surface area contributed by atoms with Crippen LogP contribution in [0, 0.1) is 0 Å². The second-order valence-electron chi connectivity index (χ2n) is 4.81. The number of benzene rings is 1. The van der Waals surface area contributed by atoms with Gasteiger partial charge in [0.2, 0.25) is 0 Å². The van der Waals surface area contributed by atoms with Crippen LogP contribution < -0.4 is 9.47 Å². The molecular weight excluding hydrogens is 370 g/mol. The van der Waals surface area contributed by atoms with E-state index in [2.05, 4.69) is 4.74 Å². The highest BCUT2D eigenvalue weighted by Gasteiger charge is 2.36. The smallest absolute Gasteiger partial charge is 0.325 e. The summed E-state index contributed by atoms with van der Waals surface area (Å²) in [6.45, 7) is 1.80. The van der Waals surface area contributed by atoms with Gasteiger partial charge in [-0.25, -0.2) is 0 Å². The fourth-order valence-electron chi connectivity index (χ4n) is 2.11. The molecule has 0 N–H and O–H groups in total. The Kier molecular flexibility index (Phi) is 6.33. The molecule has 0 unspecified atom stereocenters. The summed E-state index contributed by atoms with van der Waals surface area (Å²) in [5, 5.41) is -0.222. The quantitative estimate of drug-likeness (QED) is 0.550. The van der Waals surface area contributed by atoms with Crippen molar-refractivity contribution in [2.45, 2.75) is 6.92 Å². The lowest BCUT2D eigenvalue weighted by atomic mass is 10.1. The SMILES string of the molecule is CCOc1cc(C=C2SC(=O)N(CC(=O)OC)C2=O)cc(Cl)c1OC. The fraction of sp³-hybridized carbons (Fsp3) is 0.312. The number of amides is 2. The molecule has 0 spiro atoms. The number of thioether (sulfide) groups is 1. The summed E-state index contributed by atoms with van der Waals surface area (Å²) in [5.74, 6) is -0.419. The average Bonchev–Trinajstić information content (AvgIpc) is 2.82. The number of esters is 1. The minimum absolute atomic E-state index is 0.178. The molecule has 1 aromatic carbocycles. The molecule has 0 saturated carbocycles. The Bertz CT molecular complexity index is 748. The molecule has 134 valence electrons. The van der Waals surface area contributed by atoms with Gasteiger partial charge < -0.3 is 14.2 Å². The van der Waals surface area contributed by atoms with Crippen LogP contribution in [0.3, 0.4) is 0 Å².